The third-order valence-electron chi connectivity index (χ3n) is 5.79. The summed E-state index contributed by atoms with van der Waals surface area (Å²) >= 11 is 0. The number of anilines is 1. The Bertz CT molecular complexity index is 1350. The average Bonchev–Trinajstić information content (AvgIpc) is 3.21. The number of fused-ring (bicyclic) bond motifs is 1. The van der Waals surface area contributed by atoms with Crippen LogP contribution in [0.25, 0.3) is 11.2 Å². The molecule has 0 bridgehead atoms. The lowest BCUT2D eigenvalue weighted by atomic mass is 10.2. The van der Waals surface area contributed by atoms with Gasteiger partial charge in [-0.3, -0.25) is 18.7 Å². The summed E-state index contributed by atoms with van der Waals surface area (Å²) in [6.45, 7) is 1.84. The van der Waals surface area contributed by atoms with Gasteiger partial charge in [-0.2, -0.15) is 10.1 Å². The smallest absolute Gasteiger partial charge is 0.332 e. The van der Waals surface area contributed by atoms with Crippen molar-refractivity contribution in [2.45, 2.75) is 0 Å². The van der Waals surface area contributed by atoms with Crippen LogP contribution >= 0.6 is 0 Å². The van der Waals surface area contributed by atoms with Crippen molar-refractivity contribution in [3.63, 3.8) is 0 Å². The molecule has 1 saturated heterocycles. The Balaban J connectivity index is 1.76. The maximum absolute atomic E-state index is 13.0. The molecule has 4 rings (SSSR count). The molecular formula is C22H27N7O5. The van der Waals surface area contributed by atoms with Crippen LogP contribution in [0.3, 0.4) is 0 Å². The minimum atomic E-state index is -0.486. The number of hydrogen-bond donors (Lipinski definition) is 0. The number of amides is 1. The van der Waals surface area contributed by atoms with Gasteiger partial charge in [0.15, 0.2) is 11.2 Å². The maximum Gasteiger partial charge on any atom is 0.332 e. The summed E-state index contributed by atoms with van der Waals surface area (Å²) in [5.41, 5.74) is 0.279. The number of aryl methyl sites for hydroxylation is 2. The standard InChI is InChI=1S/C22H27N7O5/c1-25-18-19(26(2)22(32)27(3)20(18)31)24-21(25)29(14-17(30)28-9-11-34-12-10-28)23-13-15-5-7-16(33-4)8-6-15/h5-8,13H,9-12,14H2,1-4H3. The molecule has 3 aromatic rings. The van der Waals surface area contributed by atoms with E-state index in [9.17, 15) is 14.4 Å². The van der Waals surface area contributed by atoms with Crippen LogP contribution in [0.5, 0.6) is 5.75 Å². The highest BCUT2D eigenvalue weighted by Crippen LogP contribution is 2.19. The van der Waals surface area contributed by atoms with Gasteiger partial charge in [-0.25, -0.2) is 9.80 Å². The van der Waals surface area contributed by atoms with Crippen LogP contribution in [0.4, 0.5) is 5.95 Å². The van der Waals surface area contributed by atoms with Crippen molar-refractivity contribution in [3.05, 3.63) is 50.7 Å². The number of aromatic nitrogens is 4. The first-order chi connectivity index (χ1) is 16.3. The molecule has 12 heteroatoms. The number of morpholine rings is 1. The zero-order valence-electron chi connectivity index (χ0n) is 19.6. The number of rotatable bonds is 6. The van der Waals surface area contributed by atoms with Gasteiger partial charge in [0.2, 0.25) is 11.9 Å². The molecular weight excluding hydrogens is 442 g/mol. The average molecular weight is 470 g/mol. The van der Waals surface area contributed by atoms with E-state index < -0.39 is 11.2 Å². The Morgan fingerprint density at radius 1 is 1.12 bits per heavy atom. The van der Waals surface area contributed by atoms with E-state index >= 15 is 0 Å². The van der Waals surface area contributed by atoms with Crippen LogP contribution < -0.4 is 21.0 Å². The lowest BCUT2D eigenvalue weighted by Crippen LogP contribution is -2.45. The van der Waals surface area contributed by atoms with Gasteiger partial charge < -0.3 is 18.9 Å². The van der Waals surface area contributed by atoms with Crippen LogP contribution in [-0.2, 0) is 30.7 Å². The van der Waals surface area contributed by atoms with Crippen molar-refractivity contribution >= 4 is 29.2 Å². The van der Waals surface area contributed by atoms with E-state index in [1.165, 1.54) is 16.6 Å². The molecule has 0 unspecified atom stereocenters. The second-order valence-electron chi connectivity index (χ2n) is 7.92. The highest BCUT2D eigenvalue weighted by atomic mass is 16.5. The van der Waals surface area contributed by atoms with Gasteiger partial charge in [-0.1, -0.05) is 0 Å². The van der Waals surface area contributed by atoms with Crippen molar-refractivity contribution < 1.29 is 14.3 Å². The summed E-state index contributed by atoms with van der Waals surface area (Å²) in [5.74, 6) is 0.826. The summed E-state index contributed by atoms with van der Waals surface area (Å²) in [4.78, 5) is 44.4. The van der Waals surface area contributed by atoms with E-state index in [0.717, 1.165) is 10.1 Å². The van der Waals surface area contributed by atoms with Crippen molar-refractivity contribution in [2.24, 2.45) is 26.2 Å². The molecule has 0 saturated carbocycles. The van der Waals surface area contributed by atoms with Crippen LogP contribution in [-0.4, -0.2) is 75.7 Å². The fourth-order valence-electron chi connectivity index (χ4n) is 3.77. The maximum atomic E-state index is 13.0. The number of ether oxygens (including phenoxy) is 2. The van der Waals surface area contributed by atoms with Crippen molar-refractivity contribution in [2.75, 3.05) is 45.0 Å². The van der Waals surface area contributed by atoms with Gasteiger partial charge in [-0.15, -0.1) is 0 Å². The zero-order chi connectivity index (χ0) is 24.4. The number of nitrogens with zero attached hydrogens (tertiary/aromatic N) is 7. The number of benzene rings is 1. The third-order valence-corrected chi connectivity index (χ3v) is 5.79. The van der Waals surface area contributed by atoms with Gasteiger partial charge in [0.1, 0.15) is 12.3 Å². The number of carbonyl (C=O) groups is 1. The molecule has 180 valence electrons. The molecule has 1 fully saturated rings. The normalized spacial score (nSPS) is 14.2. The summed E-state index contributed by atoms with van der Waals surface area (Å²) in [6, 6.07) is 7.27. The second kappa shape index (κ2) is 9.51. The number of carbonyl (C=O) groups excluding carboxylic acids is 1. The monoisotopic (exact) mass is 469 g/mol. The van der Waals surface area contributed by atoms with Crippen molar-refractivity contribution in [1.29, 1.82) is 0 Å². The van der Waals surface area contributed by atoms with Crippen molar-refractivity contribution in [1.82, 2.24) is 23.6 Å². The molecule has 1 aromatic carbocycles. The zero-order valence-corrected chi connectivity index (χ0v) is 19.6. The first-order valence-electron chi connectivity index (χ1n) is 10.8. The van der Waals surface area contributed by atoms with Crippen LogP contribution in [0.15, 0.2) is 39.0 Å². The Morgan fingerprint density at radius 2 is 1.79 bits per heavy atom. The lowest BCUT2D eigenvalue weighted by molar-refractivity contribution is -0.133. The van der Waals surface area contributed by atoms with Gasteiger partial charge in [-0.05, 0) is 29.8 Å². The molecule has 2 aromatic heterocycles. The quantitative estimate of drug-likeness (QED) is 0.359. The molecule has 3 heterocycles. The molecule has 0 spiro atoms. The Labute approximate surface area is 195 Å². The van der Waals surface area contributed by atoms with E-state index in [2.05, 4.69) is 10.1 Å². The molecule has 0 aliphatic carbocycles. The van der Waals surface area contributed by atoms with E-state index in [-0.39, 0.29) is 29.6 Å². The predicted octanol–water partition coefficient (Wildman–Crippen LogP) is -0.321. The predicted molar refractivity (Wildman–Crippen MR) is 127 cm³/mol. The molecule has 0 atom stereocenters. The topological polar surface area (TPSA) is 116 Å². The van der Waals surface area contributed by atoms with Crippen LogP contribution in [0.2, 0.25) is 0 Å². The molecule has 0 radical (unpaired) electrons. The first-order valence-corrected chi connectivity index (χ1v) is 10.8. The van der Waals surface area contributed by atoms with Gasteiger partial charge >= 0.3 is 5.69 Å². The Kier molecular flexibility index (Phi) is 6.50. The second-order valence-corrected chi connectivity index (χ2v) is 7.92. The number of imidazole rings is 1. The summed E-state index contributed by atoms with van der Waals surface area (Å²) in [6.07, 6.45) is 1.60. The number of methoxy groups -OCH3 is 1. The molecule has 34 heavy (non-hydrogen) atoms. The Morgan fingerprint density at radius 3 is 2.44 bits per heavy atom. The van der Waals surface area contributed by atoms with E-state index in [1.807, 2.05) is 12.1 Å². The first kappa shape index (κ1) is 23.2. The SMILES string of the molecule is COc1ccc(C=NN(CC(=O)N2CCOCC2)c2nc3c(c(=O)n(C)c(=O)n3C)n2C)cc1. The molecule has 12 nitrogen and oxygen atoms in total. The van der Waals surface area contributed by atoms with Gasteiger partial charge in [0, 0.05) is 34.2 Å². The summed E-state index contributed by atoms with van der Waals surface area (Å²) in [7, 11) is 6.21. The minimum Gasteiger partial charge on any atom is -0.497 e. The molecule has 0 N–H and O–H groups in total. The van der Waals surface area contributed by atoms with Crippen LogP contribution in [0.1, 0.15) is 5.56 Å². The molecule has 1 aliphatic heterocycles. The minimum absolute atomic E-state index is 0.0991. The van der Waals surface area contributed by atoms with E-state index in [0.29, 0.717) is 32.1 Å². The fourth-order valence-corrected chi connectivity index (χ4v) is 3.77. The van der Waals surface area contributed by atoms with Gasteiger partial charge in [0.25, 0.3) is 5.56 Å². The number of hydrogen-bond acceptors (Lipinski definition) is 8. The van der Waals surface area contributed by atoms with Crippen LogP contribution in [0, 0.1) is 0 Å². The van der Waals surface area contributed by atoms with E-state index in [4.69, 9.17) is 9.47 Å². The Hall–Kier alpha value is -3.93. The van der Waals surface area contributed by atoms with Crippen molar-refractivity contribution in [3.8, 4) is 5.75 Å². The van der Waals surface area contributed by atoms with Gasteiger partial charge in [0.05, 0.1) is 26.5 Å². The highest BCUT2D eigenvalue weighted by molar-refractivity contribution is 5.85. The lowest BCUT2D eigenvalue weighted by Gasteiger charge is -2.28. The third kappa shape index (κ3) is 4.31. The summed E-state index contributed by atoms with van der Waals surface area (Å²) < 4.78 is 14.4. The van der Waals surface area contributed by atoms with E-state index in [1.54, 1.807) is 49.0 Å². The molecule has 1 amide bonds. The number of hydrazone groups is 1. The largest absolute Gasteiger partial charge is 0.497 e. The molecule has 1 aliphatic rings. The highest BCUT2D eigenvalue weighted by Gasteiger charge is 2.25. The summed E-state index contributed by atoms with van der Waals surface area (Å²) in [5, 5.41) is 5.96. The fraction of sp³-hybridized carbons (Fsp3) is 0.409.